The lowest BCUT2D eigenvalue weighted by Crippen LogP contribution is -2.52. The fraction of sp³-hybridized carbons (Fsp3) is 0.310. The van der Waals surface area contributed by atoms with Gasteiger partial charge in [0.25, 0.3) is 10.0 Å². The van der Waals surface area contributed by atoms with E-state index in [1.807, 2.05) is 26.8 Å². The predicted octanol–water partition coefficient (Wildman–Crippen LogP) is 5.83. The normalized spacial score (nSPS) is 12.0. The van der Waals surface area contributed by atoms with Gasteiger partial charge in [-0.15, -0.1) is 0 Å². The van der Waals surface area contributed by atoms with E-state index in [9.17, 15) is 18.0 Å². The second kappa shape index (κ2) is 13.8. The first kappa shape index (κ1) is 30.5. The molecule has 0 saturated carbocycles. The molecule has 0 heterocycles. The molecule has 3 rings (SSSR count). The molecule has 0 aliphatic heterocycles. The molecule has 3 aromatic carbocycles. The average molecular weight is 591 g/mol. The van der Waals surface area contributed by atoms with Gasteiger partial charge in [-0.25, -0.2) is 8.42 Å². The van der Waals surface area contributed by atoms with Crippen LogP contribution in [-0.2, 0) is 26.2 Å². The second-order valence-corrected chi connectivity index (χ2v) is 11.9. The Kier molecular flexibility index (Phi) is 10.8. The molecule has 1 unspecified atom stereocenters. The SMILES string of the molecule is CCCNC(=O)C(CC)N(Cc1ccc(Cl)cc1)C(=O)CN(c1cccc(C)c1)S(=O)(=O)c1ccc(Cl)cc1. The largest absolute Gasteiger partial charge is 0.354 e. The number of carbonyl (C=O) groups is 2. The van der Waals surface area contributed by atoms with Crippen LogP contribution in [0.15, 0.2) is 77.7 Å². The number of nitrogens with one attached hydrogen (secondary N) is 1. The van der Waals surface area contributed by atoms with E-state index in [1.165, 1.54) is 29.2 Å². The van der Waals surface area contributed by atoms with E-state index < -0.39 is 28.5 Å². The Balaban J connectivity index is 2.04. The molecule has 0 aliphatic rings. The zero-order chi connectivity index (χ0) is 28.6. The summed E-state index contributed by atoms with van der Waals surface area (Å²) in [5, 5.41) is 3.81. The maximum absolute atomic E-state index is 14.0. The molecule has 208 valence electrons. The molecule has 0 fully saturated rings. The van der Waals surface area contributed by atoms with Gasteiger partial charge >= 0.3 is 0 Å². The highest BCUT2D eigenvalue weighted by atomic mass is 35.5. The van der Waals surface area contributed by atoms with Crippen molar-refractivity contribution < 1.29 is 18.0 Å². The Hall–Kier alpha value is -3.07. The number of benzene rings is 3. The lowest BCUT2D eigenvalue weighted by atomic mass is 10.1. The number of hydrogen-bond donors (Lipinski definition) is 1. The lowest BCUT2D eigenvalue weighted by molar-refractivity contribution is -0.140. The standard InChI is InChI=1S/C29H33Cl2N3O4S/c1-4-17-32-29(36)27(5-2)33(19-22-9-11-23(30)12-10-22)28(35)20-34(25-8-6-7-21(3)18-25)39(37,38)26-15-13-24(31)14-16-26/h6-16,18,27H,4-5,17,19-20H2,1-3H3,(H,32,36). The summed E-state index contributed by atoms with van der Waals surface area (Å²) < 4.78 is 28.8. The van der Waals surface area contributed by atoms with E-state index in [1.54, 1.807) is 42.5 Å². The minimum absolute atomic E-state index is 0.00168. The van der Waals surface area contributed by atoms with Crippen molar-refractivity contribution in [1.82, 2.24) is 10.2 Å². The Morgan fingerprint density at radius 1 is 0.923 bits per heavy atom. The van der Waals surface area contributed by atoms with Gasteiger partial charge in [0, 0.05) is 23.1 Å². The molecule has 3 aromatic rings. The first-order valence-electron chi connectivity index (χ1n) is 12.7. The van der Waals surface area contributed by atoms with Gasteiger partial charge in [-0.1, -0.05) is 61.3 Å². The fourth-order valence-corrected chi connectivity index (χ4v) is 5.78. The van der Waals surface area contributed by atoms with Crippen LogP contribution in [0.4, 0.5) is 5.69 Å². The molecule has 0 saturated heterocycles. The molecule has 1 N–H and O–H groups in total. The average Bonchev–Trinajstić information content (AvgIpc) is 2.91. The van der Waals surface area contributed by atoms with Crippen LogP contribution in [-0.4, -0.2) is 44.3 Å². The number of sulfonamides is 1. The Morgan fingerprint density at radius 3 is 2.10 bits per heavy atom. The summed E-state index contributed by atoms with van der Waals surface area (Å²) in [7, 11) is -4.15. The van der Waals surface area contributed by atoms with Crippen LogP contribution in [0.3, 0.4) is 0 Å². The zero-order valence-electron chi connectivity index (χ0n) is 22.2. The zero-order valence-corrected chi connectivity index (χ0v) is 24.6. The summed E-state index contributed by atoms with van der Waals surface area (Å²) in [5.41, 5.74) is 1.94. The smallest absolute Gasteiger partial charge is 0.264 e. The fourth-order valence-electron chi connectivity index (χ4n) is 4.12. The second-order valence-electron chi connectivity index (χ2n) is 9.17. The number of carbonyl (C=O) groups excluding carboxylic acids is 2. The highest BCUT2D eigenvalue weighted by Crippen LogP contribution is 2.26. The molecular weight excluding hydrogens is 557 g/mol. The van der Waals surface area contributed by atoms with Gasteiger partial charge in [0.15, 0.2) is 0 Å². The number of halogens is 2. The van der Waals surface area contributed by atoms with E-state index in [-0.39, 0.29) is 17.3 Å². The number of aryl methyl sites for hydroxylation is 1. The van der Waals surface area contributed by atoms with Crippen LogP contribution in [0.5, 0.6) is 0 Å². The van der Waals surface area contributed by atoms with Gasteiger partial charge in [-0.05, 0) is 79.4 Å². The van der Waals surface area contributed by atoms with Gasteiger partial charge in [0.1, 0.15) is 12.6 Å². The molecule has 0 spiro atoms. The Morgan fingerprint density at radius 2 is 1.54 bits per heavy atom. The van der Waals surface area contributed by atoms with Gasteiger partial charge < -0.3 is 10.2 Å². The molecule has 2 amide bonds. The summed E-state index contributed by atoms with van der Waals surface area (Å²) >= 11 is 12.0. The summed E-state index contributed by atoms with van der Waals surface area (Å²) in [4.78, 5) is 28.5. The van der Waals surface area contributed by atoms with Gasteiger partial charge in [0.2, 0.25) is 11.8 Å². The molecule has 0 aliphatic carbocycles. The van der Waals surface area contributed by atoms with Crippen LogP contribution >= 0.6 is 23.2 Å². The number of nitrogens with zero attached hydrogens (tertiary/aromatic N) is 2. The van der Waals surface area contributed by atoms with Crippen LogP contribution in [0.1, 0.15) is 37.8 Å². The van der Waals surface area contributed by atoms with Crippen LogP contribution in [0.2, 0.25) is 10.0 Å². The van der Waals surface area contributed by atoms with Crippen molar-refractivity contribution in [2.75, 3.05) is 17.4 Å². The molecule has 1 atom stereocenters. The van der Waals surface area contributed by atoms with Crippen molar-refractivity contribution in [3.05, 3.63) is 94.0 Å². The van der Waals surface area contributed by atoms with Crippen molar-refractivity contribution in [2.45, 2.75) is 51.1 Å². The molecule has 39 heavy (non-hydrogen) atoms. The topological polar surface area (TPSA) is 86.8 Å². The molecule has 7 nitrogen and oxygen atoms in total. The quantitative estimate of drug-likeness (QED) is 0.288. The van der Waals surface area contributed by atoms with Crippen molar-refractivity contribution in [1.29, 1.82) is 0 Å². The molecule has 10 heteroatoms. The Labute approximate surface area is 240 Å². The van der Waals surface area contributed by atoms with Crippen molar-refractivity contribution in [3.63, 3.8) is 0 Å². The minimum Gasteiger partial charge on any atom is -0.354 e. The predicted molar refractivity (Wildman–Crippen MR) is 157 cm³/mol. The maximum atomic E-state index is 14.0. The van der Waals surface area contributed by atoms with Crippen LogP contribution < -0.4 is 9.62 Å². The first-order valence-corrected chi connectivity index (χ1v) is 14.9. The highest BCUT2D eigenvalue weighted by molar-refractivity contribution is 7.92. The Bertz CT molecular complexity index is 1380. The first-order chi connectivity index (χ1) is 18.6. The number of anilines is 1. The molecular formula is C29H33Cl2N3O4S. The number of hydrogen-bond acceptors (Lipinski definition) is 4. The number of amides is 2. The van der Waals surface area contributed by atoms with Gasteiger partial charge in [0.05, 0.1) is 10.6 Å². The lowest BCUT2D eigenvalue weighted by Gasteiger charge is -2.33. The number of rotatable bonds is 12. The van der Waals surface area contributed by atoms with Crippen LogP contribution in [0, 0.1) is 6.92 Å². The van der Waals surface area contributed by atoms with E-state index in [0.29, 0.717) is 28.7 Å². The minimum atomic E-state index is -4.15. The third kappa shape index (κ3) is 7.97. The van der Waals surface area contributed by atoms with Crippen molar-refractivity contribution in [3.8, 4) is 0 Å². The molecule has 0 aromatic heterocycles. The third-order valence-electron chi connectivity index (χ3n) is 6.17. The van der Waals surface area contributed by atoms with E-state index in [2.05, 4.69) is 5.32 Å². The monoisotopic (exact) mass is 589 g/mol. The third-order valence-corrected chi connectivity index (χ3v) is 8.46. The maximum Gasteiger partial charge on any atom is 0.264 e. The van der Waals surface area contributed by atoms with Crippen molar-refractivity contribution >= 4 is 50.7 Å². The van der Waals surface area contributed by atoms with Gasteiger partial charge in [-0.2, -0.15) is 0 Å². The highest BCUT2D eigenvalue weighted by Gasteiger charge is 2.33. The summed E-state index contributed by atoms with van der Waals surface area (Å²) in [6, 6.07) is 18.9. The van der Waals surface area contributed by atoms with Crippen LogP contribution in [0.25, 0.3) is 0 Å². The summed E-state index contributed by atoms with van der Waals surface area (Å²) in [6.45, 7) is 5.69. The molecule has 0 bridgehead atoms. The summed E-state index contributed by atoms with van der Waals surface area (Å²) in [5.74, 6) is -0.799. The van der Waals surface area contributed by atoms with Gasteiger partial charge in [-0.3, -0.25) is 13.9 Å². The van der Waals surface area contributed by atoms with Crippen molar-refractivity contribution in [2.24, 2.45) is 0 Å². The van der Waals surface area contributed by atoms with E-state index in [4.69, 9.17) is 23.2 Å². The van der Waals surface area contributed by atoms with E-state index in [0.717, 1.165) is 21.9 Å². The van der Waals surface area contributed by atoms with E-state index >= 15 is 0 Å². The molecule has 0 radical (unpaired) electrons. The summed E-state index contributed by atoms with van der Waals surface area (Å²) in [6.07, 6.45) is 1.09.